The zero-order valence-electron chi connectivity index (χ0n) is 7.76. The normalized spacial score (nSPS) is 19.9. The minimum absolute atomic E-state index is 0.110. The van der Waals surface area contributed by atoms with Gasteiger partial charge in [0.2, 0.25) is 0 Å². The van der Waals surface area contributed by atoms with E-state index in [-0.39, 0.29) is 11.9 Å². The molecule has 0 heterocycles. The van der Waals surface area contributed by atoms with E-state index in [0.717, 1.165) is 30.4 Å². The number of halogens is 1. The van der Waals surface area contributed by atoms with Crippen LogP contribution in [-0.2, 0) is 6.42 Å². The van der Waals surface area contributed by atoms with Gasteiger partial charge in [0.1, 0.15) is 5.82 Å². The number of hydrogen-bond donors (Lipinski definition) is 1. The molecule has 0 unspecified atom stereocenters. The van der Waals surface area contributed by atoms with Crippen LogP contribution in [0.3, 0.4) is 0 Å². The molecule has 0 bridgehead atoms. The molecule has 1 aromatic carbocycles. The lowest BCUT2D eigenvalue weighted by molar-refractivity contribution is 0.556. The first-order valence-corrected chi connectivity index (χ1v) is 4.70. The molecule has 0 amide bonds. The summed E-state index contributed by atoms with van der Waals surface area (Å²) in [6.07, 6.45) is 2.70. The number of nitrogens with zero attached hydrogens (tertiary/aromatic N) is 1. The third kappa shape index (κ3) is 1.38. The molecule has 0 radical (unpaired) electrons. The molecule has 0 aromatic heterocycles. The fourth-order valence-electron chi connectivity index (χ4n) is 2.02. The summed E-state index contributed by atoms with van der Waals surface area (Å²) < 4.78 is 13.1. The Balaban J connectivity index is 2.62. The highest BCUT2D eigenvalue weighted by Crippen LogP contribution is 2.30. The Morgan fingerprint density at radius 2 is 2.29 bits per heavy atom. The van der Waals surface area contributed by atoms with Crippen molar-refractivity contribution in [2.45, 2.75) is 25.3 Å². The highest BCUT2D eigenvalue weighted by atomic mass is 19.1. The van der Waals surface area contributed by atoms with Gasteiger partial charge < -0.3 is 5.73 Å². The van der Waals surface area contributed by atoms with E-state index in [1.54, 1.807) is 0 Å². The lowest BCUT2D eigenvalue weighted by Crippen LogP contribution is -2.18. The highest BCUT2D eigenvalue weighted by Gasteiger charge is 2.20. The summed E-state index contributed by atoms with van der Waals surface area (Å²) in [5.74, 6) is -0.363. The van der Waals surface area contributed by atoms with Crippen molar-refractivity contribution in [2.24, 2.45) is 5.73 Å². The maximum atomic E-state index is 13.1. The molecule has 0 saturated carbocycles. The molecule has 2 rings (SSSR count). The lowest BCUT2D eigenvalue weighted by atomic mass is 9.85. The second kappa shape index (κ2) is 3.39. The molecule has 1 atom stereocenters. The Morgan fingerprint density at radius 3 is 3.00 bits per heavy atom. The van der Waals surface area contributed by atoms with Crippen molar-refractivity contribution in [3.8, 4) is 6.07 Å². The molecule has 3 heteroatoms. The first-order chi connectivity index (χ1) is 6.72. The maximum Gasteiger partial charge on any atom is 0.124 e. The molecular formula is C11H11FN2. The first kappa shape index (κ1) is 9.17. The van der Waals surface area contributed by atoms with E-state index in [1.807, 2.05) is 6.07 Å². The Bertz CT molecular complexity index is 406. The van der Waals surface area contributed by atoms with Crippen molar-refractivity contribution < 1.29 is 4.39 Å². The van der Waals surface area contributed by atoms with Crippen LogP contribution in [0.4, 0.5) is 4.39 Å². The molecule has 0 spiro atoms. The van der Waals surface area contributed by atoms with Gasteiger partial charge in [-0.2, -0.15) is 5.26 Å². The molecule has 1 aliphatic carbocycles. The predicted octanol–water partition coefficient (Wildman–Crippen LogP) is 2.03. The third-order valence-electron chi connectivity index (χ3n) is 2.71. The first-order valence-electron chi connectivity index (χ1n) is 4.70. The maximum absolute atomic E-state index is 13.1. The second-order valence-electron chi connectivity index (χ2n) is 3.63. The van der Waals surface area contributed by atoms with Crippen LogP contribution < -0.4 is 5.73 Å². The van der Waals surface area contributed by atoms with Crippen LogP contribution in [0.25, 0.3) is 0 Å². The van der Waals surface area contributed by atoms with Crippen LogP contribution in [0.2, 0.25) is 0 Å². The lowest BCUT2D eigenvalue weighted by Gasteiger charge is -2.22. The number of rotatable bonds is 0. The van der Waals surface area contributed by atoms with E-state index in [2.05, 4.69) is 0 Å². The summed E-state index contributed by atoms with van der Waals surface area (Å²) in [5.41, 5.74) is 8.05. The number of benzene rings is 1. The van der Waals surface area contributed by atoms with Gasteiger partial charge in [0, 0.05) is 6.04 Å². The van der Waals surface area contributed by atoms with Crippen LogP contribution >= 0.6 is 0 Å². The Labute approximate surface area is 82.1 Å². The van der Waals surface area contributed by atoms with Crippen LogP contribution in [0.15, 0.2) is 12.1 Å². The van der Waals surface area contributed by atoms with E-state index in [4.69, 9.17) is 11.0 Å². The number of nitriles is 1. The highest BCUT2D eigenvalue weighted by molar-refractivity contribution is 5.45. The predicted molar refractivity (Wildman–Crippen MR) is 51.0 cm³/mol. The van der Waals surface area contributed by atoms with E-state index >= 15 is 0 Å². The van der Waals surface area contributed by atoms with Crippen molar-refractivity contribution >= 4 is 0 Å². The molecule has 0 aliphatic heterocycles. The molecule has 1 aliphatic rings. The summed E-state index contributed by atoms with van der Waals surface area (Å²) in [6.45, 7) is 0. The standard InChI is InChI=1S/C11H11FN2/c12-8-4-7(6-13)9-2-1-3-11(14)10(9)5-8/h4-5,11H,1-3,14H2/t11-/m0/s1. The molecule has 72 valence electrons. The summed E-state index contributed by atoms with van der Waals surface area (Å²) in [6, 6.07) is 4.66. The zero-order valence-corrected chi connectivity index (χ0v) is 7.76. The van der Waals surface area contributed by atoms with Crippen LogP contribution in [0.1, 0.15) is 35.6 Å². The Kier molecular flexibility index (Phi) is 2.22. The van der Waals surface area contributed by atoms with Crippen molar-refractivity contribution in [2.75, 3.05) is 0 Å². The van der Waals surface area contributed by atoms with Crippen LogP contribution in [0.5, 0.6) is 0 Å². The fraction of sp³-hybridized carbons (Fsp3) is 0.364. The summed E-state index contributed by atoms with van der Waals surface area (Å²) in [4.78, 5) is 0. The largest absolute Gasteiger partial charge is 0.324 e. The number of hydrogen-bond acceptors (Lipinski definition) is 2. The Hall–Kier alpha value is -1.40. The van der Waals surface area contributed by atoms with Gasteiger partial charge in [-0.05, 0) is 42.5 Å². The van der Waals surface area contributed by atoms with E-state index in [9.17, 15) is 4.39 Å². The fourth-order valence-corrected chi connectivity index (χ4v) is 2.02. The SMILES string of the molecule is N#Cc1cc(F)cc2c1CCC[C@@H]2N. The summed E-state index contributed by atoms with van der Waals surface area (Å²) in [5, 5.41) is 8.85. The second-order valence-corrected chi connectivity index (χ2v) is 3.63. The van der Waals surface area contributed by atoms with Gasteiger partial charge in [0.05, 0.1) is 11.6 Å². The van der Waals surface area contributed by atoms with Crippen LogP contribution in [0, 0.1) is 17.1 Å². The van der Waals surface area contributed by atoms with E-state index in [0.29, 0.717) is 5.56 Å². The Morgan fingerprint density at radius 1 is 1.50 bits per heavy atom. The average Bonchev–Trinajstić information content (AvgIpc) is 2.18. The van der Waals surface area contributed by atoms with E-state index < -0.39 is 0 Å². The van der Waals surface area contributed by atoms with Gasteiger partial charge >= 0.3 is 0 Å². The quantitative estimate of drug-likeness (QED) is 0.680. The monoisotopic (exact) mass is 190 g/mol. The summed E-state index contributed by atoms with van der Waals surface area (Å²) in [7, 11) is 0. The van der Waals surface area contributed by atoms with E-state index in [1.165, 1.54) is 12.1 Å². The molecule has 2 nitrogen and oxygen atoms in total. The van der Waals surface area contributed by atoms with Crippen LogP contribution in [-0.4, -0.2) is 0 Å². The number of nitrogens with two attached hydrogens (primary N) is 1. The number of fused-ring (bicyclic) bond motifs is 1. The summed E-state index contributed by atoms with van der Waals surface area (Å²) >= 11 is 0. The zero-order chi connectivity index (χ0) is 10.1. The minimum Gasteiger partial charge on any atom is -0.324 e. The van der Waals surface area contributed by atoms with Crippen molar-refractivity contribution in [3.05, 3.63) is 34.6 Å². The molecule has 2 N–H and O–H groups in total. The smallest absolute Gasteiger partial charge is 0.124 e. The molecule has 14 heavy (non-hydrogen) atoms. The molecule has 1 aromatic rings. The molecular weight excluding hydrogens is 179 g/mol. The van der Waals surface area contributed by atoms with Crippen molar-refractivity contribution in [3.63, 3.8) is 0 Å². The van der Waals surface area contributed by atoms with Crippen molar-refractivity contribution in [1.82, 2.24) is 0 Å². The molecule has 0 fully saturated rings. The van der Waals surface area contributed by atoms with Gasteiger partial charge in [-0.3, -0.25) is 0 Å². The van der Waals surface area contributed by atoms with Gasteiger partial charge in [-0.25, -0.2) is 4.39 Å². The van der Waals surface area contributed by atoms with Gasteiger partial charge in [0.25, 0.3) is 0 Å². The van der Waals surface area contributed by atoms with Gasteiger partial charge in [0.15, 0.2) is 0 Å². The average molecular weight is 190 g/mol. The third-order valence-corrected chi connectivity index (χ3v) is 2.71. The minimum atomic E-state index is -0.363. The van der Waals surface area contributed by atoms with Gasteiger partial charge in [-0.1, -0.05) is 0 Å². The topological polar surface area (TPSA) is 49.8 Å². The van der Waals surface area contributed by atoms with Gasteiger partial charge in [-0.15, -0.1) is 0 Å². The molecule has 0 saturated heterocycles. The van der Waals surface area contributed by atoms with Crippen molar-refractivity contribution in [1.29, 1.82) is 5.26 Å².